The number of fused-ring (bicyclic) bond motifs is 1. The highest BCUT2D eigenvalue weighted by molar-refractivity contribution is 6.00. The van der Waals surface area contributed by atoms with Crippen LogP contribution in [-0.4, -0.2) is 52.1 Å². The Hall–Kier alpha value is -2.85. The molecule has 3 amide bonds. The van der Waals surface area contributed by atoms with Gasteiger partial charge in [-0.15, -0.1) is 0 Å². The van der Waals surface area contributed by atoms with Gasteiger partial charge in [-0.3, -0.25) is 10.1 Å². The molecule has 2 aromatic heterocycles. The van der Waals surface area contributed by atoms with E-state index >= 15 is 0 Å². The van der Waals surface area contributed by atoms with Crippen molar-refractivity contribution in [3.05, 3.63) is 23.9 Å². The molecule has 0 spiro atoms. The van der Waals surface area contributed by atoms with Gasteiger partial charge in [0.2, 0.25) is 11.9 Å². The molecule has 0 radical (unpaired) electrons. The molecule has 11 heteroatoms. The number of alkyl halides is 2. The zero-order chi connectivity index (χ0) is 19.6. The minimum absolute atomic E-state index is 0.0272. The molecule has 2 aliphatic heterocycles. The molecule has 27 heavy (non-hydrogen) atoms. The Balaban J connectivity index is 1.81. The van der Waals surface area contributed by atoms with Gasteiger partial charge in [0.25, 0.3) is 5.92 Å². The van der Waals surface area contributed by atoms with E-state index in [1.165, 1.54) is 24.8 Å². The molecule has 2 aromatic rings. The van der Waals surface area contributed by atoms with Crippen LogP contribution < -0.4 is 15.5 Å². The number of amides is 3. The number of nitrogens with one attached hydrogen (secondary N) is 2. The number of hydrogen-bond donors (Lipinski definition) is 2. The number of aromatic nitrogens is 3. The summed E-state index contributed by atoms with van der Waals surface area (Å²) in [6, 6.07) is 0.827. The summed E-state index contributed by atoms with van der Waals surface area (Å²) in [4.78, 5) is 28.8. The number of rotatable bonds is 2. The summed E-state index contributed by atoms with van der Waals surface area (Å²) >= 11 is 0. The number of imidazole rings is 1. The molecule has 0 aromatic carbocycles. The lowest BCUT2D eigenvalue weighted by molar-refractivity contribution is -0.122. The van der Waals surface area contributed by atoms with Gasteiger partial charge in [-0.05, 0) is 6.07 Å². The number of anilines is 1. The number of urea groups is 1. The van der Waals surface area contributed by atoms with Gasteiger partial charge in [-0.25, -0.2) is 18.6 Å². The molecule has 2 aliphatic rings. The topological polar surface area (TPSA) is 91.6 Å². The van der Waals surface area contributed by atoms with Crippen LogP contribution in [0.2, 0.25) is 0 Å². The fraction of sp³-hybridized carbons (Fsp3) is 0.500. The van der Waals surface area contributed by atoms with Crippen molar-refractivity contribution in [1.29, 1.82) is 0 Å². The van der Waals surface area contributed by atoms with Crippen LogP contribution in [0.4, 0.5) is 23.7 Å². The first kappa shape index (κ1) is 17.6. The third kappa shape index (κ3) is 2.68. The van der Waals surface area contributed by atoms with E-state index in [-0.39, 0.29) is 30.1 Å². The van der Waals surface area contributed by atoms with Crippen LogP contribution in [0.5, 0.6) is 0 Å². The summed E-state index contributed by atoms with van der Waals surface area (Å²) in [5, 5.41) is 8.68. The molecule has 0 saturated carbocycles. The SMILES string of the molecule is CC1(C)CN(c2cc(C3CNC(=O)NC3=O)nn3c(F)cnc23)CC1(F)F. The molecule has 0 aliphatic carbocycles. The quantitative estimate of drug-likeness (QED) is 0.816. The van der Waals surface area contributed by atoms with Gasteiger partial charge in [0.1, 0.15) is 0 Å². The molecule has 4 rings (SSSR count). The van der Waals surface area contributed by atoms with Crippen molar-refractivity contribution in [2.24, 2.45) is 5.41 Å². The van der Waals surface area contributed by atoms with E-state index in [0.29, 0.717) is 0 Å². The van der Waals surface area contributed by atoms with Gasteiger partial charge >= 0.3 is 6.03 Å². The van der Waals surface area contributed by atoms with Crippen molar-refractivity contribution in [1.82, 2.24) is 25.2 Å². The number of carbonyl (C=O) groups excluding carboxylic acids is 2. The lowest BCUT2D eigenvalue weighted by Gasteiger charge is -2.25. The maximum absolute atomic E-state index is 14.4. The van der Waals surface area contributed by atoms with Crippen molar-refractivity contribution in [3.63, 3.8) is 0 Å². The Kier molecular flexibility index (Phi) is 3.62. The molecule has 2 N–H and O–H groups in total. The standard InChI is InChI=1S/C16H17F3N6O2/c1-15(2)6-24(7-16(15,18)19)10-3-9(8-4-21-14(27)22-13(8)26)23-25-11(17)5-20-12(10)25/h3,5,8H,4,6-7H2,1-2H3,(H2,21,22,26,27). The van der Waals surface area contributed by atoms with Gasteiger partial charge in [0.15, 0.2) is 5.65 Å². The molecule has 1 unspecified atom stereocenters. The monoisotopic (exact) mass is 382 g/mol. The average Bonchev–Trinajstić information content (AvgIpc) is 3.04. The molecule has 4 heterocycles. The average molecular weight is 382 g/mol. The Morgan fingerprint density at radius 2 is 2.00 bits per heavy atom. The number of carbonyl (C=O) groups is 2. The summed E-state index contributed by atoms with van der Waals surface area (Å²) in [5.74, 6) is -5.19. The Labute approximate surface area is 151 Å². The zero-order valence-electron chi connectivity index (χ0n) is 14.6. The second-order valence-corrected chi connectivity index (χ2v) is 7.47. The van der Waals surface area contributed by atoms with E-state index < -0.39 is 41.7 Å². The number of imide groups is 1. The fourth-order valence-corrected chi connectivity index (χ4v) is 3.39. The van der Waals surface area contributed by atoms with Crippen LogP contribution in [0, 0.1) is 11.4 Å². The Bertz CT molecular complexity index is 941. The molecule has 8 nitrogen and oxygen atoms in total. The van der Waals surface area contributed by atoms with Crippen molar-refractivity contribution >= 4 is 23.3 Å². The van der Waals surface area contributed by atoms with E-state index in [0.717, 1.165) is 10.7 Å². The van der Waals surface area contributed by atoms with Crippen LogP contribution in [0.1, 0.15) is 25.5 Å². The largest absolute Gasteiger partial charge is 0.362 e. The van der Waals surface area contributed by atoms with Crippen molar-refractivity contribution in [2.45, 2.75) is 25.7 Å². The van der Waals surface area contributed by atoms with Gasteiger partial charge in [0.05, 0.1) is 30.0 Å². The second kappa shape index (κ2) is 5.57. The maximum atomic E-state index is 14.4. The van der Waals surface area contributed by atoms with Crippen molar-refractivity contribution < 1.29 is 22.8 Å². The predicted molar refractivity (Wildman–Crippen MR) is 88.2 cm³/mol. The zero-order valence-corrected chi connectivity index (χ0v) is 14.6. The summed E-state index contributed by atoms with van der Waals surface area (Å²) in [7, 11) is 0. The normalized spacial score (nSPS) is 24.2. The Morgan fingerprint density at radius 1 is 1.26 bits per heavy atom. The summed E-state index contributed by atoms with van der Waals surface area (Å²) in [6.07, 6.45) is 0.942. The highest BCUT2D eigenvalue weighted by atomic mass is 19.3. The fourth-order valence-electron chi connectivity index (χ4n) is 3.39. The summed E-state index contributed by atoms with van der Waals surface area (Å²) < 4.78 is 43.7. The van der Waals surface area contributed by atoms with Gasteiger partial charge < -0.3 is 10.2 Å². The third-order valence-corrected chi connectivity index (χ3v) is 5.11. The van der Waals surface area contributed by atoms with Gasteiger partial charge in [-0.1, -0.05) is 13.8 Å². The van der Waals surface area contributed by atoms with E-state index in [1.54, 1.807) is 0 Å². The highest BCUT2D eigenvalue weighted by Gasteiger charge is 2.54. The highest BCUT2D eigenvalue weighted by Crippen LogP contribution is 2.45. The van der Waals surface area contributed by atoms with E-state index in [4.69, 9.17) is 0 Å². The lowest BCUT2D eigenvalue weighted by Crippen LogP contribution is -2.51. The minimum atomic E-state index is -2.95. The number of nitrogens with zero attached hydrogens (tertiary/aromatic N) is 4. The van der Waals surface area contributed by atoms with Crippen LogP contribution in [0.15, 0.2) is 12.3 Å². The molecule has 144 valence electrons. The molecule has 1 atom stereocenters. The third-order valence-electron chi connectivity index (χ3n) is 5.11. The first-order valence-electron chi connectivity index (χ1n) is 8.35. The molecular formula is C16H17F3N6O2. The molecule has 2 saturated heterocycles. The van der Waals surface area contributed by atoms with Crippen LogP contribution in [-0.2, 0) is 4.79 Å². The lowest BCUT2D eigenvalue weighted by atomic mass is 9.89. The first-order valence-corrected chi connectivity index (χ1v) is 8.35. The van der Waals surface area contributed by atoms with E-state index in [1.807, 2.05) is 0 Å². The summed E-state index contributed by atoms with van der Waals surface area (Å²) in [5.41, 5.74) is -0.779. The van der Waals surface area contributed by atoms with Gasteiger partial charge in [-0.2, -0.15) is 14.0 Å². The smallest absolute Gasteiger partial charge is 0.321 e. The Morgan fingerprint density at radius 3 is 2.63 bits per heavy atom. The first-order chi connectivity index (χ1) is 12.6. The van der Waals surface area contributed by atoms with Crippen LogP contribution >= 0.6 is 0 Å². The van der Waals surface area contributed by atoms with E-state index in [9.17, 15) is 22.8 Å². The molecular weight excluding hydrogens is 365 g/mol. The van der Waals surface area contributed by atoms with Crippen LogP contribution in [0.25, 0.3) is 5.65 Å². The molecule has 0 bridgehead atoms. The van der Waals surface area contributed by atoms with Crippen molar-refractivity contribution in [2.75, 3.05) is 24.5 Å². The summed E-state index contributed by atoms with van der Waals surface area (Å²) in [6.45, 7) is 2.37. The molecule has 2 fully saturated rings. The number of hydrogen-bond acceptors (Lipinski definition) is 5. The number of halogens is 3. The van der Waals surface area contributed by atoms with Crippen molar-refractivity contribution in [3.8, 4) is 0 Å². The second-order valence-electron chi connectivity index (χ2n) is 7.47. The minimum Gasteiger partial charge on any atom is -0.362 e. The predicted octanol–water partition coefficient (Wildman–Crippen LogP) is 1.27. The van der Waals surface area contributed by atoms with E-state index in [2.05, 4.69) is 20.7 Å². The maximum Gasteiger partial charge on any atom is 0.321 e. The van der Waals surface area contributed by atoms with Crippen LogP contribution in [0.3, 0.4) is 0 Å². The van der Waals surface area contributed by atoms with Gasteiger partial charge in [0, 0.05) is 18.5 Å².